The van der Waals surface area contributed by atoms with Gasteiger partial charge in [-0.15, -0.1) is 0 Å². The summed E-state index contributed by atoms with van der Waals surface area (Å²) in [6.07, 6.45) is 7.57. The van der Waals surface area contributed by atoms with Gasteiger partial charge >= 0.3 is 0 Å². The van der Waals surface area contributed by atoms with Gasteiger partial charge in [-0.25, -0.2) is 0 Å². The summed E-state index contributed by atoms with van der Waals surface area (Å²) in [5.74, 6) is 0.406. The van der Waals surface area contributed by atoms with Crippen LogP contribution in [0.5, 0.6) is 5.75 Å². The van der Waals surface area contributed by atoms with Crippen molar-refractivity contribution in [3.05, 3.63) is 59.7 Å². The number of nitrogens with zero attached hydrogens (tertiary/aromatic N) is 3. The van der Waals surface area contributed by atoms with Crippen molar-refractivity contribution in [1.82, 2.24) is 9.80 Å². The van der Waals surface area contributed by atoms with Gasteiger partial charge in [0, 0.05) is 37.9 Å². The largest absolute Gasteiger partial charge is 0.508 e. The first-order valence-electron chi connectivity index (χ1n) is 12.3. The Hall–Kier alpha value is -2.04. The molecule has 2 atom stereocenters. The van der Waals surface area contributed by atoms with Gasteiger partial charge in [0.1, 0.15) is 5.75 Å². The van der Waals surface area contributed by atoms with Gasteiger partial charge in [-0.3, -0.25) is 9.80 Å². The van der Waals surface area contributed by atoms with Crippen LogP contribution in [0.2, 0.25) is 0 Å². The number of rotatable bonds is 8. The molecule has 0 aromatic heterocycles. The molecule has 1 fully saturated rings. The molecule has 0 amide bonds. The molecule has 0 bridgehead atoms. The molecular weight excluding hydrogens is 382 g/mol. The Labute approximate surface area is 188 Å². The lowest BCUT2D eigenvalue weighted by atomic mass is 9.86. The lowest BCUT2D eigenvalue weighted by Crippen LogP contribution is -2.59. The van der Waals surface area contributed by atoms with Crippen molar-refractivity contribution in [2.75, 3.05) is 37.6 Å². The second kappa shape index (κ2) is 10.5. The zero-order chi connectivity index (χ0) is 21.6. The fraction of sp³-hybridized carbons (Fsp3) is 0.556. The highest BCUT2D eigenvalue weighted by Crippen LogP contribution is 2.30. The Balaban J connectivity index is 1.47. The molecule has 4 rings (SSSR count). The normalized spacial score (nSPS) is 20.6. The topological polar surface area (TPSA) is 30.0 Å². The number of piperazine rings is 1. The van der Waals surface area contributed by atoms with E-state index < -0.39 is 0 Å². The summed E-state index contributed by atoms with van der Waals surface area (Å²) >= 11 is 0. The van der Waals surface area contributed by atoms with Crippen LogP contribution in [-0.2, 0) is 12.8 Å². The van der Waals surface area contributed by atoms with E-state index in [1.165, 1.54) is 42.5 Å². The third-order valence-electron chi connectivity index (χ3n) is 7.13. The molecule has 168 valence electrons. The molecule has 4 nitrogen and oxygen atoms in total. The average Bonchev–Trinajstić information content (AvgIpc) is 2.81. The molecule has 1 N–H and O–H groups in total. The quantitative estimate of drug-likeness (QED) is 0.656. The standard InChI is InChI=1S/C27H39N3O/c1-3-8-27(29-18-16-28(17-19-29)24-9-6-5-7-10-24)30(15-4-2)25-13-11-22-12-14-26(31)21-23(22)20-25/h5-7,9-10,12,14,21,25,27,31H,3-4,8,11,13,15-20H2,1-2H3. The minimum Gasteiger partial charge on any atom is -0.508 e. The molecule has 2 aromatic carbocycles. The van der Waals surface area contributed by atoms with Crippen molar-refractivity contribution in [2.45, 2.75) is 64.6 Å². The van der Waals surface area contributed by atoms with Crippen molar-refractivity contribution in [3.8, 4) is 5.75 Å². The fourth-order valence-corrected chi connectivity index (χ4v) is 5.57. The van der Waals surface area contributed by atoms with E-state index >= 15 is 0 Å². The van der Waals surface area contributed by atoms with Crippen LogP contribution in [-0.4, -0.2) is 59.8 Å². The molecule has 0 spiro atoms. The monoisotopic (exact) mass is 421 g/mol. The number of aryl methyl sites for hydroxylation is 1. The smallest absolute Gasteiger partial charge is 0.115 e. The van der Waals surface area contributed by atoms with Gasteiger partial charge in [0.2, 0.25) is 0 Å². The second-order valence-electron chi connectivity index (χ2n) is 9.22. The van der Waals surface area contributed by atoms with Crippen molar-refractivity contribution in [1.29, 1.82) is 0 Å². The van der Waals surface area contributed by atoms with Crippen LogP contribution in [0.25, 0.3) is 0 Å². The molecule has 1 heterocycles. The van der Waals surface area contributed by atoms with E-state index in [4.69, 9.17) is 0 Å². The maximum Gasteiger partial charge on any atom is 0.115 e. The number of phenols is 1. The first-order valence-corrected chi connectivity index (χ1v) is 12.3. The Morgan fingerprint density at radius 3 is 2.45 bits per heavy atom. The summed E-state index contributed by atoms with van der Waals surface area (Å²) in [7, 11) is 0. The van der Waals surface area contributed by atoms with Crippen molar-refractivity contribution in [3.63, 3.8) is 0 Å². The van der Waals surface area contributed by atoms with Gasteiger partial charge in [-0.2, -0.15) is 0 Å². The Morgan fingerprint density at radius 2 is 1.74 bits per heavy atom. The highest BCUT2D eigenvalue weighted by Gasteiger charge is 2.33. The lowest BCUT2D eigenvalue weighted by Gasteiger charge is -2.48. The first-order chi connectivity index (χ1) is 15.2. The molecule has 0 saturated carbocycles. The maximum absolute atomic E-state index is 10.0. The van der Waals surface area contributed by atoms with E-state index in [2.05, 4.69) is 64.9 Å². The van der Waals surface area contributed by atoms with Crippen LogP contribution in [0.3, 0.4) is 0 Å². The van der Waals surface area contributed by atoms with Gasteiger partial charge in [-0.1, -0.05) is 44.5 Å². The number of phenolic OH excluding ortho intramolecular Hbond substituents is 1. The zero-order valence-electron chi connectivity index (χ0n) is 19.3. The van der Waals surface area contributed by atoms with Crippen LogP contribution in [0, 0.1) is 0 Å². The summed E-state index contributed by atoms with van der Waals surface area (Å²) in [5, 5.41) is 10.0. The zero-order valence-corrected chi connectivity index (χ0v) is 19.3. The van der Waals surface area contributed by atoms with E-state index in [1.807, 2.05) is 12.1 Å². The van der Waals surface area contributed by atoms with Crippen molar-refractivity contribution < 1.29 is 5.11 Å². The number of anilines is 1. The van der Waals surface area contributed by atoms with Gasteiger partial charge in [0.05, 0.1) is 6.17 Å². The molecule has 1 saturated heterocycles. The predicted molar refractivity (Wildman–Crippen MR) is 130 cm³/mol. The molecular formula is C27H39N3O. The van der Waals surface area contributed by atoms with Crippen LogP contribution in [0.1, 0.15) is 50.7 Å². The molecule has 2 aliphatic rings. The summed E-state index contributed by atoms with van der Waals surface area (Å²) in [6, 6.07) is 17.4. The minimum absolute atomic E-state index is 0.406. The summed E-state index contributed by atoms with van der Waals surface area (Å²) in [5.41, 5.74) is 4.12. The lowest BCUT2D eigenvalue weighted by molar-refractivity contribution is -0.00208. The SMILES string of the molecule is CCCC(N1CCN(c2ccccc2)CC1)N(CCC)C1CCc2ccc(O)cc2C1. The summed E-state index contributed by atoms with van der Waals surface area (Å²) in [6.45, 7) is 10.3. The molecule has 0 radical (unpaired) electrons. The minimum atomic E-state index is 0.406. The van der Waals surface area contributed by atoms with E-state index in [9.17, 15) is 5.11 Å². The van der Waals surface area contributed by atoms with Crippen LogP contribution >= 0.6 is 0 Å². The molecule has 2 unspecified atom stereocenters. The highest BCUT2D eigenvalue weighted by molar-refractivity contribution is 5.46. The third kappa shape index (κ3) is 5.24. The van der Waals surface area contributed by atoms with E-state index in [0.29, 0.717) is 18.0 Å². The number of hydrogen-bond acceptors (Lipinski definition) is 4. The van der Waals surface area contributed by atoms with Crippen LogP contribution in [0.15, 0.2) is 48.5 Å². The predicted octanol–water partition coefficient (Wildman–Crippen LogP) is 4.91. The molecule has 4 heteroatoms. The highest BCUT2D eigenvalue weighted by atomic mass is 16.3. The van der Waals surface area contributed by atoms with E-state index in [-0.39, 0.29) is 0 Å². The number of benzene rings is 2. The van der Waals surface area contributed by atoms with Gasteiger partial charge in [0.15, 0.2) is 0 Å². The van der Waals surface area contributed by atoms with Crippen LogP contribution in [0.4, 0.5) is 5.69 Å². The van der Waals surface area contributed by atoms with Gasteiger partial charge in [0.25, 0.3) is 0 Å². The molecule has 1 aliphatic carbocycles. The van der Waals surface area contributed by atoms with Gasteiger partial charge < -0.3 is 10.0 Å². The Morgan fingerprint density at radius 1 is 0.968 bits per heavy atom. The Bertz CT molecular complexity index is 816. The molecule has 31 heavy (non-hydrogen) atoms. The number of para-hydroxylation sites is 1. The third-order valence-corrected chi connectivity index (χ3v) is 7.13. The fourth-order valence-electron chi connectivity index (χ4n) is 5.57. The summed E-state index contributed by atoms with van der Waals surface area (Å²) < 4.78 is 0. The second-order valence-corrected chi connectivity index (χ2v) is 9.22. The number of hydrogen-bond donors (Lipinski definition) is 1. The maximum atomic E-state index is 10.0. The molecule has 2 aromatic rings. The first kappa shape index (κ1) is 22.2. The Kier molecular flexibility index (Phi) is 7.52. The van der Waals surface area contributed by atoms with E-state index in [0.717, 1.165) is 45.6 Å². The van der Waals surface area contributed by atoms with Crippen molar-refractivity contribution in [2.24, 2.45) is 0 Å². The molecule has 1 aliphatic heterocycles. The summed E-state index contributed by atoms with van der Waals surface area (Å²) in [4.78, 5) is 8.09. The van der Waals surface area contributed by atoms with E-state index in [1.54, 1.807) is 0 Å². The van der Waals surface area contributed by atoms with Crippen molar-refractivity contribution >= 4 is 5.69 Å². The van der Waals surface area contributed by atoms with Crippen LogP contribution < -0.4 is 4.90 Å². The average molecular weight is 422 g/mol. The number of fused-ring (bicyclic) bond motifs is 1. The number of aromatic hydroxyl groups is 1. The van der Waals surface area contributed by atoms with Gasteiger partial charge in [-0.05, 0) is 74.0 Å².